The third-order valence-corrected chi connectivity index (χ3v) is 5.23. The molecule has 0 saturated carbocycles. The lowest BCUT2D eigenvalue weighted by molar-refractivity contribution is -0.137. The Morgan fingerprint density at radius 3 is 2.41 bits per heavy atom. The van der Waals surface area contributed by atoms with Crippen molar-refractivity contribution in [3.8, 4) is 11.5 Å². The van der Waals surface area contributed by atoms with Crippen molar-refractivity contribution < 1.29 is 32.2 Å². The monoisotopic (exact) mass is 443 g/mol. The topological polar surface area (TPSA) is 55.8 Å². The summed E-state index contributed by atoms with van der Waals surface area (Å²) in [6.07, 6.45) is -3.30. The first-order valence-electron chi connectivity index (χ1n) is 8.02. The summed E-state index contributed by atoms with van der Waals surface area (Å²) in [7, 11) is 2.91. The highest BCUT2D eigenvalue weighted by Gasteiger charge is 2.39. The molecule has 0 atom stereocenters. The molecule has 0 N–H and O–H groups in total. The Hall–Kier alpha value is -2.65. The van der Waals surface area contributed by atoms with Crippen LogP contribution in [0.25, 0.3) is 6.08 Å². The summed E-state index contributed by atoms with van der Waals surface area (Å²) in [5, 5.41) is -1.25. The molecule has 10 heteroatoms. The van der Waals surface area contributed by atoms with Gasteiger partial charge < -0.3 is 9.47 Å². The van der Waals surface area contributed by atoms with Crippen molar-refractivity contribution in [3.05, 3.63) is 57.5 Å². The second kappa shape index (κ2) is 8.00. The Morgan fingerprint density at radius 2 is 1.79 bits per heavy atom. The quantitative estimate of drug-likeness (QED) is 0.574. The predicted octanol–water partition coefficient (Wildman–Crippen LogP) is 5.62. The number of halogens is 4. The number of ether oxygens (including phenoxy) is 2. The molecule has 0 unspecified atom stereocenters. The Morgan fingerprint density at radius 1 is 1.07 bits per heavy atom. The molecule has 0 spiro atoms. The summed E-state index contributed by atoms with van der Waals surface area (Å²) in [6, 6.07) is 7.75. The van der Waals surface area contributed by atoms with Crippen LogP contribution in [0.5, 0.6) is 11.5 Å². The van der Waals surface area contributed by atoms with Crippen molar-refractivity contribution in [2.75, 3.05) is 19.1 Å². The van der Waals surface area contributed by atoms with Gasteiger partial charge in [0, 0.05) is 5.56 Å². The molecule has 1 saturated heterocycles. The zero-order chi connectivity index (χ0) is 21.3. The number of rotatable bonds is 4. The SMILES string of the molecule is COc1ccc(OC)c(/C=C2\SC(=O)N(c3ccc(Cl)c(C(F)(F)F)c3)C2=O)c1. The van der Waals surface area contributed by atoms with Gasteiger partial charge in [0.05, 0.1) is 35.4 Å². The first-order valence-corrected chi connectivity index (χ1v) is 9.22. The number of hydrogen-bond donors (Lipinski definition) is 0. The predicted molar refractivity (Wildman–Crippen MR) is 104 cm³/mol. The molecule has 0 radical (unpaired) electrons. The fraction of sp³-hybridized carbons (Fsp3) is 0.158. The van der Waals surface area contributed by atoms with Crippen LogP contribution in [0.4, 0.5) is 23.7 Å². The molecule has 1 fully saturated rings. The first-order chi connectivity index (χ1) is 13.7. The molecule has 0 bridgehead atoms. The highest BCUT2D eigenvalue weighted by Crippen LogP contribution is 2.41. The van der Waals surface area contributed by atoms with E-state index in [1.54, 1.807) is 18.2 Å². The molecule has 5 nitrogen and oxygen atoms in total. The molecule has 152 valence electrons. The minimum Gasteiger partial charge on any atom is -0.497 e. The lowest BCUT2D eigenvalue weighted by Crippen LogP contribution is -2.28. The number of methoxy groups -OCH3 is 2. The number of thioether (sulfide) groups is 1. The van der Waals surface area contributed by atoms with Gasteiger partial charge in [-0.3, -0.25) is 9.59 Å². The maximum Gasteiger partial charge on any atom is 0.417 e. The zero-order valence-electron chi connectivity index (χ0n) is 15.0. The van der Waals surface area contributed by atoms with Gasteiger partial charge in [-0.2, -0.15) is 13.2 Å². The molecule has 1 aliphatic rings. The maximum absolute atomic E-state index is 13.1. The standard InChI is InChI=1S/C19H13ClF3NO4S/c1-27-12-4-6-15(28-2)10(7-12)8-16-17(25)24(18(26)29-16)11-3-5-14(20)13(9-11)19(21,22)23/h3-9H,1-2H3/b16-8-. The summed E-state index contributed by atoms with van der Waals surface area (Å²) in [6.45, 7) is 0. The number of carbonyl (C=O) groups excluding carboxylic acids is 2. The molecule has 29 heavy (non-hydrogen) atoms. The Kier molecular flexibility index (Phi) is 5.81. The van der Waals surface area contributed by atoms with E-state index >= 15 is 0 Å². The van der Waals surface area contributed by atoms with E-state index in [-0.39, 0.29) is 10.6 Å². The normalized spacial score (nSPS) is 15.9. The second-order valence-electron chi connectivity index (χ2n) is 5.79. The van der Waals surface area contributed by atoms with E-state index < -0.39 is 27.9 Å². The van der Waals surface area contributed by atoms with Crippen molar-refractivity contribution in [1.82, 2.24) is 0 Å². The van der Waals surface area contributed by atoms with Gasteiger partial charge in [0.15, 0.2) is 0 Å². The number of carbonyl (C=O) groups is 2. The van der Waals surface area contributed by atoms with Gasteiger partial charge in [-0.05, 0) is 54.2 Å². The third-order valence-electron chi connectivity index (χ3n) is 4.03. The molecule has 0 aliphatic carbocycles. The number of benzene rings is 2. The smallest absolute Gasteiger partial charge is 0.417 e. The Labute approximate surface area is 173 Å². The Balaban J connectivity index is 2.00. The van der Waals surface area contributed by atoms with Gasteiger partial charge in [0.2, 0.25) is 0 Å². The maximum atomic E-state index is 13.1. The third kappa shape index (κ3) is 4.20. The van der Waals surface area contributed by atoms with Crippen LogP contribution < -0.4 is 14.4 Å². The van der Waals surface area contributed by atoms with Crippen LogP contribution in [-0.4, -0.2) is 25.4 Å². The van der Waals surface area contributed by atoms with Crippen LogP contribution in [0.2, 0.25) is 5.02 Å². The molecule has 2 aromatic rings. The minimum absolute atomic E-state index is 0.0325. The van der Waals surface area contributed by atoms with Crippen LogP contribution >= 0.6 is 23.4 Å². The van der Waals surface area contributed by atoms with Crippen LogP contribution in [0, 0.1) is 0 Å². The number of imide groups is 1. The number of alkyl halides is 3. The summed E-state index contributed by atoms with van der Waals surface area (Å²) >= 11 is 6.22. The van der Waals surface area contributed by atoms with Gasteiger partial charge in [-0.25, -0.2) is 4.90 Å². The number of hydrogen-bond acceptors (Lipinski definition) is 5. The fourth-order valence-corrected chi connectivity index (χ4v) is 3.71. The van der Waals surface area contributed by atoms with Crippen molar-refractivity contribution in [1.29, 1.82) is 0 Å². The van der Waals surface area contributed by atoms with Crippen LogP contribution in [0.3, 0.4) is 0 Å². The van der Waals surface area contributed by atoms with E-state index in [1.807, 2.05) is 0 Å². The average Bonchev–Trinajstić information content (AvgIpc) is 2.94. The molecule has 3 rings (SSSR count). The van der Waals surface area contributed by atoms with E-state index in [1.165, 1.54) is 26.4 Å². The highest BCUT2D eigenvalue weighted by atomic mass is 35.5. The fourth-order valence-electron chi connectivity index (χ4n) is 2.65. The van der Waals surface area contributed by atoms with Crippen LogP contribution in [-0.2, 0) is 11.0 Å². The van der Waals surface area contributed by atoms with Gasteiger partial charge >= 0.3 is 6.18 Å². The van der Waals surface area contributed by atoms with E-state index in [4.69, 9.17) is 21.1 Å². The van der Waals surface area contributed by atoms with Gasteiger partial charge in [-0.1, -0.05) is 11.6 Å². The minimum atomic E-state index is -4.72. The lowest BCUT2D eigenvalue weighted by atomic mass is 10.1. The molecule has 1 aliphatic heterocycles. The molecule has 1 heterocycles. The Bertz CT molecular complexity index is 1020. The van der Waals surface area contributed by atoms with Crippen molar-refractivity contribution >= 4 is 46.3 Å². The van der Waals surface area contributed by atoms with Crippen molar-refractivity contribution in [2.24, 2.45) is 0 Å². The van der Waals surface area contributed by atoms with Gasteiger partial charge in [0.25, 0.3) is 11.1 Å². The summed E-state index contributed by atoms with van der Waals surface area (Å²) in [4.78, 5) is 25.8. The van der Waals surface area contributed by atoms with Gasteiger partial charge in [0.1, 0.15) is 11.5 Å². The first kappa shape index (κ1) is 21.1. The summed E-state index contributed by atoms with van der Waals surface area (Å²) in [5.41, 5.74) is -0.871. The molecule has 0 aromatic heterocycles. The second-order valence-corrected chi connectivity index (χ2v) is 7.19. The van der Waals surface area contributed by atoms with E-state index in [2.05, 4.69) is 0 Å². The molecular weight excluding hydrogens is 431 g/mol. The average molecular weight is 444 g/mol. The van der Waals surface area contributed by atoms with Gasteiger partial charge in [-0.15, -0.1) is 0 Å². The number of anilines is 1. The lowest BCUT2D eigenvalue weighted by Gasteiger charge is -2.16. The molecular formula is C19H13ClF3NO4S. The van der Waals surface area contributed by atoms with Crippen molar-refractivity contribution in [3.63, 3.8) is 0 Å². The summed E-state index contributed by atoms with van der Waals surface area (Å²) < 4.78 is 49.7. The number of nitrogens with zero attached hydrogens (tertiary/aromatic N) is 1. The largest absolute Gasteiger partial charge is 0.497 e. The number of amides is 2. The zero-order valence-corrected chi connectivity index (χ0v) is 16.6. The van der Waals surface area contributed by atoms with E-state index in [0.29, 0.717) is 39.8 Å². The van der Waals surface area contributed by atoms with Crippen LogP contribution in [0.1, 0.15) is 11.1 Å². The van der Waals surface area contributed by atoms with E-state index in [9.17, 15) is 22.8 Å². The van der Waals surface area contributed by atoms with Crippen molar-refractivity contribution in [2.45, 2.75) is 6.18 Å². The summed E-state index contributed by atoms with van der Waals surface area (Å²) in [5.74, 6) is 0.188. The molecule has 2 aromatic carbocycles. The van der Waals surface area contributed by atoms with E-state index in [0.717, 1.165) is 6.07 Å². The highest BCUT2D eigenvalue weighted by molar-refractivity contribution is 8.19. The van der Waals surface area contributed by atoms with Crippen LogP contribution in [0.15, 0.2) is 41.3 Å². The molecule has 2 amide bonds.